The average Bonchev–Trinajstić information content (AvgIpc) is 2.95. The van der Waals surface area contributed by atoms with E-state index in [0.29, 0.717) is 30.3 Å². The van der Waals surface area contributed by atoms with Crippen LogP contribution in [0.4, 0.5) is 16.2 Å². The third-order valence-corrected chi connectivity index (χ3v) is 7.45. The molecule has 2 heterocycles. The van der Waals surface area contributed by atoms with Gasteiger partial charge in [-0.1, -0.05) is 43.7 Å². The summed E-state index contributed by atoms with van der Waals surface area (Å²) < 4.78 is 5.42. The number of morpholine rings is 1. The van der Waals surface area contributed by atoms with Crippen LogP contribution in [0.25, 0.3) is 0 Å². The first-order valence-electron chi connectivity index (χ1n) is 14.2. The zero-order valence-corrected chi connectivity index (χ0v) is 22.7. The number of anilines is 2. The van der Waals surface area contributed by atoms with E-state index in [2.05, 4.69) is 63.0 Å². The zero-order valence-electron chi connectivity index (χ0n) is 22.7. The molecular weight excluding hydrogens is 478 g/mol. The number of nitrogens with zero attached hydrogens (tertiary/aromatic N) is 2. The Bertz CT molecular complexity index is 1020. The molecule has 0 saturated carbocycles. The van der Waals surface area contributed by atoms with E-state index in [1.807, 2.05) is 18.2 Å². The summed E-state index contributed by atoms with van der Waals surface area (Å²) in [6.45, 7) is 9.20. The van der Waals surface area contributed by atoms with Crippen LogP contribution < -0.4 is 20.9 Å². The summed E-state index contributed by atoms with van der Waals surface area (Å²) >= 11 is 0. The van der Waals surface area contributed by atoms with Gasteiger partial charge in [0.1, 0.15) is 0 Å². The first-order chi connectivity index (χ1) is 18.6. The van der Waals surface area contributed by atoms with Crippen LogP contribution in [0.15, 0.2) is 48.5 Å². The third kappa shape index (κ3) is 8.46. The van der Waals surface area contributed by atoms with Gasteiger partial charge in [0.25, 0.3) is 5.91 Å². The van der Waals surface area contributed by atoms with E-state index in [0.717, 1.165) is 83.7 Å². The fraction of sp³-hybridized carbons (Fsp3) is 0.533. The number of rotatable bonds is 11. The van der Waals surface area contributed by atoms with Crippen LogP contribution >= 0.6 is 0 Å². The second-order valence-corrected chi connectivity index (χ2v) is 10.3. The third-order valence-electron chi connectivity index (χ3n) is 7.45. The lowest BCUT2D eigenvalue weighted by Crippen LogP contribution is -2.41. The Hall–Kier alpha value is -3.10. The fourth-order valence-electron chi connectivity index (χ4n) is 5.20. The summed E-state index contributed by atoms with van der Waals surface area (Å²) in [5.41, 5.74) is 3.56. The Balaban J connectivity index is 1.40. The maximum atomic E-state index is 13.4. The lowest BCUT2D eigenvalue weighted by atomic mass is 9.89. The van der Waals surface area contributed by atoms with Crippen molar-refractivity contribution in [3.05, 3.63) is 59.7 Å². The number of unbranched alkanes of at least 4 members (excludes halogenated alkanes) is 1. The number of hydrogen-bond acceptors (Lipinski definition) is 5. The van der Waals surface area contributed by atoms with E-state index in [1.54, 1.807) is 0 Å². The number of nitrogens with one attached hydrogen (secondary N) is 3. The molecule has 8 nitrogen and oxygen atoms in total. The van der Waals surface area contributed by atoms with Gasteiger partial charge in [0.05, 0.1) is 18.8 Å². The lowest BCUT2D eigenvalue weighted by Gasteiger charge is -2.35. The highest BCUT2D eigenvalue weighted by molar-refractivity contribution is 6.02. The van der Waals surface area contributed by atoms with E-state index in [9.17, 15) is 9.59 Å². The molecule has 2 aliphatic heterocycles. The fourth-order valence-corrected chi connectivity index (χ4v) is 5.20. The van der Waals surface area contributed by atoms with Crippen molar-refractivity contribution in [2.24, 2.45) is 5.92 Å². The lowest BCUT2D eigenvalue weighted by molar-refractivity contribution is 0.0383. The molecule has 3 amide bonds. The highest BCUT2D eigenvalue weighted by Gasteiger charge is 2.24. The minimum Gasteiger partial charge on any atom is -0.379 e. The molecule has 2 aliphatic rings. The summed E-state index contributed by atoms with van der Waals surface area (Å²) in [6.07, 6.45) is 5.23. The molecular formula is C30H43N5O3. The molecule has 38 heavy (non-hydrogen) atoms. The van der Waals surface area contributed by atoms with Crippen LogP contribution in [0.5, 0.6) is 0 Å². The standard InChI is InChI=1S/C30H43N5O3/c1-2-3-13-32-30(37)33-26-9-10-28(27(23-26)29(36)31-14-17-34-18-20-38-21-19-34)35-15-11-25(12-16-35)22-24-7-5-4-6-8-24/h4-10,23,25H,2-3,11-22H2,1H3,(H,31,36)(H2,32,33,37). The van der Waals surface area contributed by atoms with Gasteiger partial charge in [-0.25, -0.2) is 4.79 Å². The number of benzene rings is 2. The Kier molecular flexibility index (Phi) is 10.8. The zero-order chi connectivity index (χ0) is 26.6. The molecule has 0 unspecified atom stereocenters. The molecule has 2 aromatic rings. The molecule has 8 heteroatoms. The van der Waals surface area contributed by atoms with Gasteiger partial charge < -0.3 is 25.6 Å². The van der Waals surface area contributed by atoms with Crippen molar-refractivity contribution < 1.29 is 14.3 Å². The molecule has 2 fully saturated rings. The number of hydrogen-bond donors (Lipinski definition) is 3. The molecule has 0 aliphatic carbocycles. The Labute approximate surface area is 227 Å². The van der Waals surface area contributed by atoms with Gasteiger partial charge in [0.15, 0.2) is 0 Å². The summed E-state index contributed by atoms with van der Waals surface area (Å²) in [5.74, 6) is 0.543. The molecule has 206 valence electrons. The number of ether oxygens (including phenoxy) is 1. The van der Waals surface area contributed by atoms with Crippen molar-refractivity contribution in [3.63, 3.8) is 0 Å². The van der Waals surface area contributed by atoms with Crippen LogP contribution in [-0.2, 0) is 11.2 Å². The van der Waals surface area contributed by atoms with Crippen molar-refractivity contribution in [3.8, 4) is 0 Å². The number of carbonyl (C=O) groups excluding carboxylic acids is 2. The normalized spacial score (nSPS) is 16.7. The number of carbonyl (C=O) groups is 2. The van der Waals surface area contributed by atoms with Gasteiger partial charge in [-0.05, 0) is 55.4 Å². The number of piperidine rings is 1. The minimum absolute atomic E-state index is 0.102. The highest BCUT2D eigenvalue weighted by atomic mass is 16.5. The van der Waals surface area contributed by atoms with Gasteiger partial charge in [-0.3, -0.25) is 9.69 Å². The molecule has 0 aromatic heterocycles. The number of amides is 3. The van der Waals surface area contributed by atoms with Crippen LogP contribution in [0, 0.1) is 5.92 Å². The maximum absolute atomic E-state index is 13.4. The SMILES string of the molecule is CCCCNC(=O)Nc1ccc(N2CCC(Cc3ccccc3)CC2)c(C(=O)NCCN2CCOCC2)c1. The second-order valence-electron chi connectivity index (χ2n) is 10.3. The highest BCUT2D eigenvalue weighted by Crippen LogP contribution is 2.30. The second kappa shape index (κ2) is 14.7. The smallest absolute Gasteiger partial charge is 0.319 e. The van der Waals surface area contributed by atoms with E-state index in [-0.39, 0.29) is 11.9 Å². The molecule has 2 aromatic carbocycles. The summed E-state index contributed by atoms with van der Waals surface area (Å²) in [4.78, 5) is 30.4. The van der Waals surface area contributed by atoms with Gasteiger partial charge in [-0.2, -0.15) is 0 Å². The van der Waals surface area contributed by atoms with Crippen molar-refractivity contribution in [1.82, 2.24) is 15.5 Å². The molecule has 0 atom stereocenters. The van der Waals surface area contributed by atoms with Gasteiger partial charge in [0, 0.05) is 57.2 Å². The Morgan fingerprint density at radius 3 is 2.45 bits per heavy atom. The van der Waals surface area contributed by atoms with Crippen LogP contribution in [-0.4, -0.2) is 75.9 Å². The molecule has 3 N–H and O–H groups in total. The predicted octanol–water partition coefficient (Wildman–Crippen LogP) is 4.13. The molecule has 0 bridgehead atoms. The summed E-state index contributed by atoms with van der Waals surface area (Å²) in [6, 6.07) is 16.1. The average molecular weight is 522 g/mol. The van der Waals surface area contributed by atoms with Crippen molar-refractivity contribution >= 4 is 23.3 Å². The molecule has 4 rings (SSSR count). The largest absolute Gasteiger partial charge is 0.379 e. The quantitative estimate of drug-likeness (QED) is 0.387. The van der Waals surface area contributed by atoms with Crippen molar-refractivity contribution in [2.75, 3.05) is 69.2 Å². The summed E-state index contributed by atoms with van der Waals surface area (Å²) in [5, 5.41) is 8.89. The maximum Gasteiger partial charge on any atom is 0.319 e. The van der Waals surface area contributed by atoms with Crippen molar-refractivity contribution in [1.29, 1.82) is 0 Å². The van der Waals surface area contributed by atoms with Gasteiger partial charge in [-0.15, -0.1) is 0 Å². The van der Waals surface area contributed by atoms with E-state index in [4.69, 9.17) is 4.74 Å². The van der Waals surface area contributed by atoms with E-state index in [1.165, 1.54) is 5.56 Å². The Morgan fingerprint density at radius 1 is 0.947 bits per heavy atom. The monoisotopic (exact) mass is 521 g/mol. The topological polar surface area (TPSA) is 85.9 Å². The predicted molar refractivity (Wildman–Crippen MR) is 153 cm³/mol. The van der Waals surface area contributed by atoms with Crippen LogP contribution in [0.2, 0.25) is 0 Å². The molecule has 2 saturated heterocycles. The molecule has 0 spiro atoms. The van der Waals surface area contributed by atoms with Crippen molar-refractivity contribution in [2.45, 2.75) is 39.0 Å². The van der Waals surface area contributed by atoms with Gasteiger partial charge in [0.2, 0.25) is 0 Å². The molecule has 0 radical (unpaired) electrons. The van der Waals surface area contributed by atoms with Gasteiger partial charge >= 0.3 is 6.03 Å². The van der Waals surface area contributed by atoms with Crippen LogP contribution in [0.1, 0.15) is 48.5 Å². The first kappa shape index (κ1) is 27.9. The summed E-state index contributed by atoms with van der Waals surface area (Å²) in [7, 11) is 0. The Morgan fingerprint density at radius 2 is 1.71 bits per heavy atom. The number of urea groups is 1. The van der Waals surface area contributed by atoms with Crippen LogP contribution in [0.3, 0.4) is 0 Å². The van der Waals surface area contributed by atoms with E-state index >= 15 is 0 Å². The van der Waals surface area contributed by atoms with E-state index < -0.39 is 0 Å². The first-order valence-corrected chi connectivity index (χ1v) is 14.2. The minimum atomic E-state index is -0.244.